The third-order valence-electron chi connectivity index (χ3n) is 4.23. The van der Waals surface area contributed by atoms with Gasteiger partial charge in [0.2, 0.25) is 0 Å². The number of furan rings is 1. The van der Waals surface area contributed by atoms with Crippen LogP contribution in [0.3, 0.4) is 0 Å². The minimum atomic E-state index is -0.767. The van der Waals surface area contributed by atoms with Crippen LogP contribution in [0.2, 0.25) is 0 Å². The van der Waals surface area contributed by atoms with Gasteiger partial charge >= 0.3 is 0 Å². The Morgan fingerprint density at radius 3 is 2.04 bits per heavy atom. The van der Waals surface area contributed by atoms with Crippen LogP contribution in [-0.2, 0) is 0 Å². The Morgan fingerprint density at radius 1 is 0.741 bits per heavy atom. The molecule has 27 heavy (non-hydrogen) atoms. The zero-order valence-corrected chi connectivity index (χ0v) is 13.6. The summed E-state index contributed by atoms with van der Waals surface area (Å²) in [5.74, 6) is -0.547. The highest BCUT2D eigenvalue weighted by Crippen LogP contribution is 2.30. The molecule has 0 amide bonds. The highest BCUT2D eigenvalue weighted by molar-refractivity contribution is 6.13. The third kappa shape index (κ3) is 2.78. The SMILES string of the molecule is O=C(c1cc([N+](=O)[O-])cc([N+](=O)[O-])c1)c1ccc2oc3ccccc3c2c1. The zero-order valence-electron chi connectivity index (χ0n) is 13.6. The average Bonchev–Trinajstić information content (AvgIpc) is 3.04. The predicted octanol–water partition coefficient (Wildman–Crippen LogP) is 4.63. The van der Waals surface area contributed by atoms with Crippen LogP contribution in [0.5, 0.6) is 0 Å². The summed E-state index contributed by atoms with van der Waals surface area (Å²) in [6, 6.07) is 15.0. The standard InChI is InChI=1S/C19H10N2O6/c22-19(12-7-13(20(23)24)10-14(8-12)21(25)26)11-5-6-18-16(9-11)15-3-1-2-4-17(15)27-18/h1-10H. The first-order valence-corrected chi connectivity index (χ1v) is 7.84. The van der Waals surface area contributed by atoms with Crippen LogP contribution in [0.1, 0.15) is 15.9 Å². The highest BCUT2D eigenvalue weighted by Gasteiger charge is 2.21. The first kappa shape index (κ1) is 16.4. The number of benzene rings is 3. The van der Waals surface area contributed by atoms with E-state index < -0.39 is 27.0 Å². The van der Waals surface area contributed by atoms with Gasteiger partial charge < -0.3 is 4.42 Å². The maximum absolute atomic E-state index is 12.8. The van der Waals surface area contributed by atoms with E-state index in [1.165, 1.54) is 6.07 Å². The molecule has 0 unspecified atom stereocenters. The first-order chi connectivity index (χ1) is 12.9. The fourth-order valence-electron chi connectivity index (χ4n) is 2.97. The molecule has 1 heterocycles. The van der Waals surface area contributed by atoms with E-state index in [4.69, 9.17) is 4.42 Å². The van der Waals surface area contributed by atoms with Gasteiger partial charge in [0, 0.05) is 34.0 Å². The maximum Gasteiger partial charge on any atom is 0.277 e. The number of rotatable bonds is 4. The van der Waals surface area contributed by atoms with Crippen LogP contribution >= 0.6 is 0 Å². The second-order valence-corrected chi connectivity index (χ2v) is 5.89. The molecule has 0 aliphatic carbocycles. The third-order valence-corrected chi connectivity index (χ3v) is 4.23. The number of nitrogens with zero attached hydrogens (tertiary/aromatic N) is 2. The summed E-state index contributed by atoms with van der Waals surface area (Å²) in [6.07, 6.45) is 0. The summed E-state index contributed by atoms with van der Waals surface area (Å²) in [5, 5.41) is 23.6. The van der Waals surface area contributed by atoms with Crippen molar-refractivity contribution in [3.63, 3.8) is 0 Å². The molecule has 8 nitrogen and oxygen atoms in total. The Labute approximate surface area is 150 Å². The highest BCUT2D eigenvalue weighted by atomic mass is 16.6. The molecule has 4 aromatic rings. The molecule has 0 atom stereocenters. The smallest absolute Gasteiger partial charge is 0.277 e. The van der Waals surface area contributed by atoms with Gasteiger partial charge in [0.25, 0.3) is 11.4 Å². The van der Waals surface area contributed by atoms with Gasteiger partial charge in [-0.2, -0.15) is 0 Å². The Bertz CT molecular complexity index is 1230. The normalized spacial score (nSPS) is 11.0. The Hall–Kier alpha value is -4.07. The number of nitro groups is 2. The van der Waals surface area contributed by atoms with Gasteiger partial charge in [-0.3, -0.25) is 25.0 Å². The second kappa shape index (κ2) is 6.03. The average molecular weight is 362 g/mol. The second-order valence-electron chi connectivity index (χ2n) is 5.89. The van der Waals surface area contributed by atoms with E-state index in [0.717, 1.165) is 29.0 Å². The molecule has 0 aliphatic heterocycles. The van der Waals surface area contributed by atoms with E-state index in [9.17, 15) is 25.0 Å². The molecular formula is C19H10N2O6. The van der Waals surface area contributed by atoms with Crippen LogP contribution in [-0.4, -0.2) is 15.6 Å². The molecule has 1 aromatic heterocycles. The van der Waals surface area contributed by atoms with Crippen molar-refractivity contribution < 1.29 is 19.1 Å². The molecule has 0 spiro atoms. The molecule has 132 valence electrons. The minimum Gasteiger partial charge on any atom is -0.456 e. The van der Waals surface area contributed by atoms with Crippen molar-refractivity contribution in [2.75, 3.05) is 0 Å². The van der Waals surface area contributed by atoms with Gasteiger partial charge in [-0.15, -0.1) is 0 Å². The Kier molecular flexibility index (Phi) is 3.66. The van der Waals surface area contributed by atoms with Gasteiger partial charge in [-0.25, -0.2) is 0 Å². The fourth-order valence-corrected chi connectivity index (χ4v) is 2.97. The summed E-state index contributed by atoms with van der Waals surface area (Å²) >= 11 is 0. The number of fused-ring (bicyclic) bond motifs is 3. The topological polar surface area (TPSA) is 116 Å². The summed E-state index contributed by atoms with van der Waals surface area (Å²) in [6.45, 7) is 0. The number of hydrogen-bond acceptors (Lipinski definition) is 6. The van der Waals surface area contributed by atoms with Crippen molar-refractivity contribution in [2.45, 2.75) is 0 Å². The number of nitro benzene ring substituents is 2. The molecule has 0 saturated heterocycles. The molecule has 0 radical (unpaired) electrons. The molecule has 0 bridgehead atoms. The zero-order chi connectivity index (χ0) is 19.1. The van der Waals surface area contributed by atoms with E-state index in [2.05, 4.69) is 0 Å². The van der Waals surface area contributed by atoms with Gasteiger partial charge in [-0.05, 0) is 24.3 Å². The van der Waals surface area contributed by atoms with Crippen LogP contribution < -0.4 is 0 Å². The van der Waals surface area contributed by atoms with Crippen LogP contribution in [0.15, 0.2) is 65.1 Å². The van der Waals surface area contributed by atoms with Crippen molar-refractivity contribution in [2.24, 2.45) is 0 Å². The van der Waals surface area contributed by atoms with Crippen molar-refractivity contribution in [3.05, 3.63) is 92.0 Å². The lowest BCUT2D eigenvalue weighted by Crippen LogP contribution is -2.03. The number of hydrogen-bond donors (Lipinski definition) is 0. The van der Waals surface area contributed by atoms with E-state index in [1.807, 2.05) is 18.2 Å². The van der Waals surface area contributed by atoms with Crippen molar-refractivity contribution in [3.8, 4) is 0 Å². The van der Waals surface area contributed by atoms with Gasteiger partial charge in [0.15, 0.2) is 5.78 Å². The lowest BCUT2D eigenvalue weighted by atomic mass is 10.00. The van der Waals surface area contributed by atoms with Crippen molar-refractivity contribution in [1.82, 2.24) is 0 Å². The van der Waals surface area contributed by atoms with Crippen LogP contribution in [0.25, 0.3) is 21.9 Å². The quantitative estimate of drug-likeness (QED) is 0.297. The van der Waals surface area contributed by atoms with E-state index in [1.54, 1.807) is 18.2 Å². The van der Waals surface area contributed by atoms with Gasteiger partial charge in [0.05, 0.1) is 15.9 Å². The number of carbonyl (C=O) groups is 1. The van der Waals surface area contributed by atoms with Crippen LogP contribution in [0, 0.1) is 20.2 Å². The van der Waals surface area contributed by atoms with Gasteiger partial charge in [0.1, 0.15) is 11.2 Å². The molecular weight excluding hydrogens is 352 g/mol. The molecule has 0 saturated carbocycles. The molecule has 3 aromatic carbocycles. The fraction of sp³-hybridized carbons (Fsp3) is 0. The number of para-hydroxylation sites is 1. The summed E-state index contributed by atoms with van der Waals surface area (Å²) in [7, 11) is 0. The summed E-state index contributed by atoms with van der Waals surface area (Å²) in [5.41, 5.74) is 0.373. The van der Waals surface area contributed by atoms with Crippen LogP contribution in [0.4, 0.5) is 11.4 Å². The van der Waals surface area contributed by atoms with E-state index in [0.29, 0.717) is 11.2 Å². The van der Waals surface area contributed by atoms with E-state index >= 15 is 0 Å². The van der Waals surface area contributed by atoms with E-state index in [-0.39, 0.29) is 11.1 Å². The minimum absolute atomic E-state index is 0.122. The molecule has 8 heteroatoms. The number of carbonyl (C=O) groups excluding carboxylic acids is 1. The Morgan fingerprint density at radius 2 is 1.37 bits per heavy atom. The number of non-ortho nitro benzene ring substituents is 2. The largest absolute Gasteiger partial charge is 0.456 e. The Balaban J connectivity index is 1.86. The molecule has 0 aliphatic rings. The van der Waals surface area contributed by atoms with Gasteiger partial charge in [-0.1, -0.05) is 18.2 Å². The maximum atomic E-state index is 12.8. The lowest BCUT2D eigenvalue weighted by molar-refractivity contribution is -0.394. The first-order valence-electron chi connectivity index (χ1n) is 7.84. The monoisotopic (exact) mass is 362 g/mol. The van der Waals surface area contributed by atoms with Crippen molar-refractivity contribution >= 4 is 39.1 Å². The lowest BCUT2D eigenvalue weighted by Gasteiger charge is -2.02. The predicted molar refractivity (Wildman–Crippen MR) is 96.9 cm³/mol. The number of ketones is 1. The summed E-state index contributed by atoms with van der Waals surface area (Å²) < 4.78 is 5.70. The molecule has 0 N–H and O–H groups in total. The summed E-state index contributed by atoms with van der Waals surface area (Å²) in [4.78, 5) is 33.4. The molecule has 0 fully saturated rings. The van der Waals surface area contributed by atoms with Crippen molar-refractivity contribution in [1.29, 1.82) is 0 Å². The molecule has 4 rings (SSSR count).